The number of nitrogens with zero attached hydrogens (tertiary/aromatic N) is 3. The average Bonchev–Trinajstić information content (AvgIpc) is 3.08. The minimum atomic E-state index is -1.30. The van der Waals surface area contributed by atoms with Crippen LogP contribution in [0.3, 0.4) is 0 Å². The Labute approximate surface area is 173 Å². The first-order valence-electron chi connectivity index (χ1n) is 9.21. The van der Waals surface area contributed by atoms with Gasteiger partial charge >= 0.3 is 5.97 Å². The van der Waals surface area contributed by atoms with E-state index in [-0.39, 0.29) is 0 Å². The van der Waals surface area contributed by atoms with E-state index in [1.165, 1.54) is 25.2 Å². The van der Waals surface area contributed by atoms with E-state index in [2.05, 4.69) is 21.9 Å². The lowest BCUT2D eigenvalue weighted by molar-refractivity contribution is -0.152. The van der Waals surface area contributed by atoms with Crippen molar-refractivity contribution in [1.82, 2.24) is 15.0 Å². The van der Waals surface area contributed by atoms with Crippen LogP contribution in [-0.2, 0) is 17.8 Å². The third-order valence-electron chi connectivity index (χ3n) is 4.28. The number of aromatic nitrogens is 3. The summed E-state index contributed by atoms with van der Waals surface area (Å²) in [4.78, 5) is 25.5. The summed E-state index contributed by atoms with van der Waals surface area (Å²) in [6.07, 6.45) is 4.54. The Hall–Kier alpha value is -3.00. The highest BCUT2D eigenvalue weighted by Gasteiger charge is 2.29. The maximum absolute atomic E-state index is 11.2. The lowest BCUT2D eigenvalue weighted by Crippen LogP contribution is -2.37. The zero-order valence-corrected chi connectivity index (χ0v) is 17.6. The van der Waals surface area contributed by atoms with E-state index in [0.29, 0.717) is 23.9 Å². The highest BCUT2D eigenvalue weighted by Crippen LogP contribution is 2.27. The van der Waals surface area contributed by atoms with E-state index in [0.717, 1.165) is 27.6 Å². The van der Waals surface area contributed by atoms with E-state index >= 15 is 0 Å². The monoisotopic (exact) mass is 413 g/mol. The van der Waals surface area contributed by atoms with Crippen LogP contribution < -0.4 is 9.47 Å². The molecule has 0 saturated carbocycles. The SMILES string of the molecule is CCc1cnc(-c2nc(C)c(COc3ccc(OC(C)(C)C(=O)O)cc3)s2)nc1. The summed E-state index contributed by atoms with van der Waals surface area (Å²) in [5.41, 5.74) is 0.678. The van der Waals surface area contributed by atoms with Gasteiger partial charge in [0.05, 0.1) is 10.6 Å². The summed E-state index contributed by atoms with van der Waals surface area (Å²) in [5, 5.41) is 9.91. The van der Waals surface area contributed by atoms with Crippen molar-refractivity contribution < 1.29 is 19.4 Å². The quantitative estimate of drug-likeness (QED) is 0.588. The van der Waals surface area contributed by atoms with Gasteiger partial charge in [0.1, 0.15) is 18.1 Å². The third kappa shape index (κ3) is 5.08. The number of aryl methyl sites for hydroxylation is 2. The largest absolute Gasteiger partial charge is 0.488 e. The summed E-state index contributed by atoms with van der Waals surface area (Å²) in [7, 11) is 0. The highest BCUT2D eigenvalue weighted by molar-refractivity contribution is 7.15. The normalized spacial score (nSPS) is 11.3. The van der Waals surface area contributed by atoms with Crippen LogP contribution in [0.25, 0.3) is 10.8 Å². The number of benzene rings is 1. The number of aliphatic carboxylic acids is 1. The number of rotatable bonds is 8. The van der Waals surface area contributed by atoms with Gasteiger partial charge in [0.15, 0.2) is 16.4 Å². The predicted molar refractivity (Wildman–Crippen MR) is 110 cm³/mol. The summed E-state index contributed by atoms with van der Waals surface area (Å²) in [6, 6.07) is 6.87. The zero-order valence-electron chi connectivity index (χ0n) is 16.8. The molecule has 0 radical (unpaired) electrons. The molecule has 0 aliphatic rings. The van der Waals surface area contributed by atoms with Crippen LogP contribution >= 0.6 is 11.3 Å². The number of carboxylic acids is 1. The van der Waals surface area contributed by atoms with Gasteiger partial charge in [-0.25, -0.2) is 19.7 Å². The number of carboxylic acid groups (broad SMARTS) is 1. The maximum Gasteiger partial charge on any atom is 0.347 e. The first-order valence-corrected chi connectivity index (χ1v) is 10.0. The Bertz CT molecular complexity index is 982. The number of ether oxygens (including phenoxy) is 2. The van der Waals surface area contributed by atoms with E-state index in [1.807, 2.05) is 19.3 Å². The van der Waals surface area contributed by atoms with Crippen molar-refractivity contribution in [3.63, 3.8) is 0 Å². The topological polar surface area (TPSA) is 94.4 Å². The second kappa shape index (κ2) is 8.57. The molecule has 0 aliphatic carbocycles. The molecule has 0 unspecified atom stereocenters. The van der Waals surface area contributed by atoms with Gasteiger partial charge in [-0.1, -0.05) is 6.92 Å². The van der Waals surface area contributed by atoms with Crippen molar-refractivity contribution in [2.24, 2.45) is 0 Å². The van der Waals surface area contributed by atoms with Crippen LogP contribution in [0.1, 0.15) is 36.9 Å². The van der Waals surface area contributed by atoms with E-state index < -0.39 is 11.6 Å². The van der Waals surface area contributed by atoms with Crippen LogP contribution in [0.5, 0.6) is 11.5 Å². The van der Waals surface area contributed by atoms with Gasteiger partial charge in [0.25, 0.3) is 0 Å². The van der Waals surface area contributed by atoms with Crippen molar-refractivity contribution in [2.45, 2.75) is 46.3 Å². The predicted octanol–water partition coefficient (Wildman–Crippen LogP) is 4.29. The number of thiazole rings is 1. The van der Waals surface area contributed by atoms with E-state index in [1.54, 1.807) is 24.3 Å². The summed E-state index contributed by atoms with van der Waals surface area (Å²) < 4.78 is 11.3. The Kier molecular flexibility index (Phi) is 6.12. The van der Waals surface area contributed by atoms with Crippen LogP contribution in [0.2, 0.25) is 0 Å². The fourth-order valence-corrected chi connectivity index (χ4v) is 3.32. The molecule has 2 aromatic heterocycles. The first kappa shape index (κ1) is 20.7. The van der Waals surface area contributed by atoms with Crippen LogP contribution in [-0.4, -0.2) is 31.6 Å². The molecule has 1 N–H and O–H groups in total. The number of carbonyl (C=O) groups is 1. The van der Waals surface area contributed by atoms with Gasteiger partial charge in [0.2, 0.25) is 0 Å². The minimum absolute atomic E-state index is 0.372. The lowest BCUT2D eigenvalue weighted by Gasteiger charge is -2.21. The molecular weight excluding hydrogens is 390 g/mol. The van der Waals surface area contributed by atoms with Gasteiger partial charge in [-0.15, -0.1) is 11.3 Å². The summed E-state index contributed by atoms with van der Waals surface area (Å²) in [6.45, 7) is 7.38. The number of hydrogen-bond donors (Lipinski definition) is 1. The van der Waals surface area contributed by atoms with E-state index in [9.17, 15) is 4.79 Å². The van der Waals surface area contributed by atoms with Crippen molar-refractivity contribution >= 4 is 17.3 Å². The van der Waals surface area contributed by atoms with Gasteiger partial charge in [-0.3, -0.25) is 0 Å². The lowest BCUT2D eigenvalue weighted by atomic mass is 10.1. The van der Waals surface area contributed by atoms with Gasteiger partial charge in [0, 0.05) is 12.4 Å². The van der Waals surface area contributed by atoms with Crippen molar-refractivity contribution in [1.29, 1.82) is 0 Å². The van der Waals surface area contributed by atoms with Crippen LogP contribution in [0.4, 0.5) is 0 Å². The molecule has 0 spiro atoms. The molecule has 8 heteroatoms. The highest BCUT2D eigenvalue weighted by atomic mass is 32.1. The average molecular weight is 413 g/mol. The summed E-state index contributed by atoms with van der Waals surface area (Å²) >= 11 is 1.51. The molecule has 3 rings (SSSR count). The van der Waals surface area contributed by atoms with Crippen molar-refractivity contribution in [3.05, 3.63) is 52.8 Å². The third-order valence-corrected chi connectivity index (χ3v) is 5.41. The molecule has 0 fully saturated rings. The molecule has 29 heavy (non-hydrogen) atoms. The van der Waals surface area contributed by atoms with Gasteiger partial charge in [-0.05, 0) is 57.0 Å². The molecule has 3 aromatic rings. The molecule has 7 nitrogen and oxygen atoms in total. The second-order valence-electron chi connectivity index (χ2n) is 6.97. The van der Waals surface area contributed by atoms with Crippen LogP contribution in [0.15, 0.2) is 36.7 Å². The molecular formula is C21H23N3O4S. The zero-order chi connectivity index (χ0) is 21.0. The van der Waals surface area contributed by atoms with Crippen molar-refractivity contribution in [2.75, 3.05) is 0 Å². The molecule has 0 amide bonds. The van der Waals surface area contributed by atoms with Crippen LogP contribution in [0, 0.1) is 6.92 Å². The fraction of sp³-hybridized carbons (Fsp3) is 0.333. The molecule has 0 bridgehead atoms. The standard InChI is InChI=1S/C21H23N3O4S/c1-5-14-10-22-18(23-11-14)19-24-13(2)17(29-19)12-27-15-6-8-16(9-7-15)28-21(3,4)20(25)26/h6-11H,5,12H2,1-4H3,(H,25,26). The molecule has 152 valence electrons. The second-order valence-corrected chi connectivity index (χ2v) is 8.06. The first-order chi connectivity index (χ1) is 13.8. The van der Waals surface area contributed by atoms with Gasteiger partial charge in [-0.2, -0.15) is 0 Å². The molecule has 0 atom stereocenters. The summed E-state index contributed by atoms with van der Waals surface area (Å²) in [5.74, 6) is 0.712. The Balaban J connectivity index is 1.64. The van der Waals surface area contributed by atoms with E-state index in [4.69, 9.17) is 14.6 Å². The van der Waals surface area contributed by atoms with Crippen molar-refractivity contribution in [3.8, 4) is 22.3 Å². The Morgan fingerprint density at radius 1 is 1.14 bits per heavy atom. The van der Waals surface area contributed by atoms with Gasteiger partial charge < -0.3 is 14.6 Å². The smallest absolute Gasteiger partial charge is 0.347 e. The maximum atomic E-state index is 11.2. The molecule has 2 heterocycles. The Morgan fingerprint density at radius 3 is 2.34 bits per heavy atom. The minimum Gasteiger partial charge on any atom is -0.488 e. The molecule has 0 saturated heterocycles. The number of hydrogen-bond acceptors (Lipinski definition) is 7. The fourth-order valence-electron chi connectivity index (χ4n) is 2.40. The Morgan fingerprint density at radius 2 is 1.76 bits per heavy atom. The molecule has 1 aromatic carbocycles. The molecule has 0 aliphatic heterocycles.